The van der Waals surface area contributed by atoms with E-state index in [-0.39, 0.29) is 17.2 Å². The van der Waals surface area contributed by atoms with Crippen LogP contribution in [0.4, 0.5) is 0 Å². The molecule has 2 aromatic rings. The lowest BCUT2D eigenvalue weighted by molar-refractivity contribution is -0.128. The zero-order chi connectivity index (χ0) is 22.4. The van der Waals surface area contributed by atoms with Gasteiger partial charge in [0.1, 0.15) is 12.2 Å². The Bertz CT molecular complexity index is 1040. The molecule has 1 fully saturated rings. The lowest BCUT2D eigenvalue weighted by Crippen LogP contribution is -2.53. The lowest BCUT2D eigenvalue weighted by Gasteiger charge is -2.27. The number of hydrogen-bond acceptors (Lipinski definition) is 5. The van der Waals surface area contributed by atoms with Crippen LogP contribution in [-0.2, 0) is 16.2 Å². The molecule has 0 unspecified atom stereocenters. The van der Waals surface area contributed by atoms with Crippen molar-refractivity contribution in [1.82, 2.24) is 10.2 Å². The normalized spacial score (nSPS) is 15.1. The predicted octanol–water partition coefficient (Wildman–Crippen LogP) is 3.79. The fraction of sp³-hybridized carbons (Fsp3) is 0.208. The summed E-state index contributed by atoms with van der Waals surface area (Å²) < 4.78 is 11.7. The van der Waals surface area contributed by atoms with Crippen molar-refractivity contribution in [3.8, 4) is 11.5 Å². The van der Waals surface area contributed by atoms with E-state index in [9.17, 15) is 9.59 Å². The highest BCUT2D eigenvalue weighted by Gasteiger charge is 2.32. The Balaban J connectivity index is 1.84. The van der Waals surface area contributed by atoms with Gasteiger partial charge in [0.2, 0.25) is 0 Å². The second-order valence-corrected chi connectivity index (χ2v) is 7.32. The molecule has 160 valence electrons. The first-order valence-electron chi connectivity index (χ1n) is 9.88. The minimum atomic E-state index is -0.534. The topological polar surface area (TPSA) is 67.9 Å². The van der Waals surface area contributed by atoms with Crippen molar-refractivity contribution in [3.05, 3.63) is 77.4 Å². The first kappa shape index (κ1) is 22.2. The quantitative estimate of drug-likeness (QED) is 0.295. The Labute approximate surface area is 187 Å². The van der Waals surface area contributed by atoms with Crippen LogP contribution in [0.5, 0.6) is 11.5 Å². The fourth-order valence-electron chi connectivity index (χ4n) is 3.00. The van der Waals surface area contributed by atoms with Gasteiger partial charge in [0.15, 0.2) is 16.6 Å². The molecule has 1 aliphatic heterocycles. The van der Waals surface area contributed by atoms with Crippen molar-refractivity contribution in [2.24, 2.45) is 0 Å². The van der Waals surface area contributed by atoms with Crippen LogP contribution in [0.25, 0.3) is 6.08 Å². The first-order chi connectivity index (χ1) is 14.9. The maximum atomic E-state index is 12.7. The molecule has 1 N–H and O–H groups in total. The third-order valence-corrected chi connectivity index (χ3v) is 4.91. The van der Waals surface area contributed by atoms with Crippen molar-refractivity contribution >= 4 is 35.2 Å². The molecule has 2 aromatic carbocycles. The number of rotatable bonds is 8. The van der Waals surface area contributed by atoms with E-state index in [1.165, 1.54) is 16.5 Å². The van der Waals surface area contributed by atoms with Crippen LogP contribution in [0.2, 0.25) is 0 Å². The molecule has 0 aromatic heterocycles. The number of nitrogens with zero attached hydrogens (tertiary/aromatic N) is 1. The van der Waals surface area contributed by atoms with E-state index in [0.717, 1.165) is 5.56 Å². The van der Waals surface area contributed by atoms with Crippen LogP contribution in [-0.4, -0.2) is 35.0 Å². The largest absolute Gasteiger partial charge is 0.490 e. The molecule has 0 aliphatic carbocycles. The number of aryl methyl sites for hydroxylation is 1. The first-order valence-corrected chi connectivity index (χ1v) is 10.3. The van der Waals surface area contributed by atoms with Gasteiger partial charge >= 0.3 is 0 Å². The minimum Gasteiger partial charge on any atom is -0.490 e. The van der Waals surface area contributed by atoms with Gasteiger partial charge in [0, 0.05) is 6.54 Å². The summed E-state index contributed by atoms with van der Waals surface area (Å²) in [4.78, 5) is 26.3. The smallest absolute Gasteiger partial charge is 0.265 e. The summed E-state index contributed by atoms with van der Waals surface area (Å²) in [5.41, 5.74) is 2.86. The average molecular weight is 437 g/mol. The van der Waals surface area contributed by atoms with Crippen molar-refractivity contribution in [1.29, 1.82) is 0 Å². The second-order valence-electron chi connectivity index (χ2n) is 6.94. The predicted molar refractivity (Wildman–Crippen MR) is 124 cm³/mol. The molecule has 1 aliphatic rings. The summed E-state index contributed by atoms with van der Waals surface area (Å²) in [6, 6.07) is 13.4. The highest BCUT2D eigenvalue weighted by atomic mass is 32.1. The third kappa shape index (κ3) is 5.38. The third-order valence-electron chi connectivity index (χ3n) is 4.59. The van der Waals surface area contributed by atoms with E-state index in [0.29, 0.717) is 30.3 Å². The Morgan fingerprint density at radius 2 is 1.84 bits per heavy atom. The van der Waals surface area contributed by atoms with E-state index >= 15 is 0 Å². The van der Waals surface area contributed by atoms with Crippen molar-refractivity contribution < 1.29 is 19.1 Å². The van der Waals surface area contributed by atoms with Gasteiger partial charge in [-0.05, 0) is 55.4 Å². The van der Waals surface area contributed by atoms with Crippen LogP contribution in [0.3, 0.4) is 0 Å². The summed E-state index contributed by atoms with van der Waals surface area (Å²) in [5, 5.41) is 2.61. The second kappa shape index (κ2) is 10.0. The molecule has 1 saturated heterocycles. The van der Waals surface area contributed by atoms with Crippen molar-refractivity contribution in [2.45, 2.75) is 20.5 Å². The Hall–Kier alpha value is -3.45. The average Bonchev–Trinajstić information content (AvgIpc) is 2.75. The standard InChI is InChI=1S/C24H24N2O4S/c1-4-12-26-23(28)19(22(27)25-24(26)31)13-18-10-11-20(21(14-18)29-5-2)30-15-17-8-6-16(3)7-9-17/h4,6-11,13-14H,1,5,12,15H2,2-3H3,(H,25,27,31)/b19-13+. The van der Waals surface area contributed by atoms with Gasteiger partial charge in [-0.25, -0.2) is 0 Å². The number of nitrogens with one attached hydrogen (secondary N) is 1. The molecule has 7 heteroatoms. The lowest BCUT2D eigenvalue weighted by atomic mass is 10.1. The number of ether oxygens (including phenoxy) is 2. The Kier molecular flexibility index (Phi) is 7.20. The summed E-state index contributed by atoms with van der Waals surface area (Å²) >= 11 is 5.07. The van der Waals surface area contributed by atoms with Gasteiger partial charge in [-0.2, -0.15) is 0 Å². The summed E-state index contributed by atoms with van der Waals surface area (Å²) in [6.07, 6.45) is 3.06. The molecular weight excluding hydrogens is 412 g/mol. The van der Waals surface area contributed by atoms with E-state index in [1.807, 2.05) is 38.1 Å². The number of carbonyl (C=O) groups is 2. The zero-order valence-corrected chi connectivity index (χ0v) is 18.3. The molecule has 0 saturated carbocycles. The van der Waals surface area contributed by atoms with Gasteiger partial charge in [-0.1, -0.05) is 42.0 Å². The molecule has 0 spiro atoms. The fourth-order valence-corrected chi connectivity index (χ4v) is 3.25. The van der Waals surface area contributed by atoms with Gasteiger partial charge < -0.3 is 9.47 Å². The van der Waals surface area contributed by atoms with Crippen molar-refractivity contribution in [3.63, 3.8) is 0 Å². The van der Waals surface area contributed by atoms with Crippen LogP contribution in [0, 0.1) is 6.92 Å². The molecule has 2 amide bonds. The molecule has 3 rings (SSSR count). The molecule has 0 bridgehead atoms. The SMILES string of the molecule is C=CCN1C(=O)/C(=C/c2ccc(OCc3ccc(C)cc3)c(OCC)c2)C(=O)NC1=S. The maximum Gasteiger partial charge on any atom is 0.265 e. The minimum absolute atomic E-state index is 0.00813. The number of carbonyl (C=O) groups excluding carboxylic acids is 2. The highest BCUT2D eigenvalue weighted by molar-refractivity contribution is 7.80. The monoisotopic (exact) mass is 436 g/mol. The van der Waals surface area contributed by atoms with Gasteiger partial charge in [-0.15, -0.1) is 6.58 Å². The Morgan fingerprint density at radius 3 is 2.52 bits per heavy atom. The number of thiocarbonyl (C=S) groups is 1. The number of benzene rings is 2. The number of hydrogen-bond donors (Lipinski definition) is 1. The van der Waals surface area contributed by atoms with Gasteiger partial charge in [0.05, 0.1) is 6.61 Å². The molecule has 0 atom stereocenters. The van der Waals surface area contributed by atoms with Crippen LogP contribution >= 0.6 is 12.2 Å². The molecular formula is C24H24N2O4S. The van der Waals surface area contributed by atoms with E-state index < -0.39 is 11.8 Å². The molecule has 1 heterocycles. The molecule has 0 radical (unpaired) electrons. The maximum absolute atomic E-state index is 12.7. The van der Waals surface area contributed by atoms with Gasteiger partial charge in [-0.3, -0.25) is 19.8 Å². The van der Waals surface area contributed by atoms with E-state index in [1.54, 1.807) is 24.3 Å². The summed E-state index contributed by atoms with van der Waals surface area (Å²) in [6.45, 7) is 8.59. The number of amides is 2. The van der Waals surface area contributed by atoms with E-state index in [2.05, 4.69) is 11.9 Å². The van der Waals surface area contributed by atoms with Crippen LogP contribution in [0.15, 0.2) is 60.7 Å². The highest BCUT2D eigenvalue weighted by Crippen LogP contribution is 2.30. The zero-order valence-electron chi connectivity index (χ0n) is 17.5. The van der Waals surface area contributed by atoms with Crippen molar-refractivity contribution in [2.75, 3.05) is 13.2 Å². The van der Waals surface area contributed by atoms with Crippen LogP contribution in [0.1, 0.15) is 23.6 Å². The summed E-state index contributed by atoms with van der Waals surface area (Å²) in [5.74, 6) is 0.115. The van der Waals surface area contributed by atoms with Gasteiger partial charge in [0.25, 0.3) is 11.8 Å². The molecule has 31 heavy (non-hydrogen) atoms. The Morgan fingerprint density at radius 1 is 1.10 bits per heavy atom. The molecule has 6 nitrogen and oxygen atoms in total. The van der Waals surface area contributed by atoms with Crippen LogP contribution < -0.4 is 14.8 Å². The summed E-state index contributed by atoms with van der Waals surface area (Å²) in [7, 11) is 0. The van der Waals surface area contributed by atoms with E-state index in [4.69, 9.17) is 21.7 Å².